The van der Waals surface area contributed by atoms with Crippen molar-refractivity contribution in [2.75, 3.05) is 7.11 Å². The van der Waals surface area contributed by atoms with Crippen LogP contribution in [0.15, 0.2) is 18.2 Å². The number of carbonyl (C=O) groups excluding carboxylic acids is 2. The molecule has 0 aliphatic rings. The lowest BCUT2D eigenvalue weighted by Crippen LogP contribution is -2.23. The monoisotopic (exact) mass is 342 g/mol. The molecular weight excluding hydrogens is 320 g/mol. The van der Waals surface area contributed by atoms with Crippen LogP contribution in [0.1, 0.15) is 40.0 Å². The van der Waals surface area contributed by atoms with E-state index in [9.17, 15) is 9.59 Å². The Hall–Kier alpha value is -1.75. The molecule has 1 atom stereocenters. The maximum absolute atomic E-state index is 11.8. The molecule has 1 aromatic carbocycles. The van der Waals surface area contributed by atoms with Crippen molar-refractivity contribution >= 4 is 23.5 Å². The number of methoxy groups -OCH3 is 1. The van der Waals surface area contributed by atoms with Crippen molar-refractivity contribution in [3.05, 3.63) is 23.2 Å². The minimum atomic E-state index is -0.528. The van der Waals surface area contributed by atoms with Gasteiger partial charge in [-0.05, 0) is 24.5 Å². The highest BCUT2D eigenvalue weighted by Crippen LogP contribution is 2.30. The van der Waals surface area contributed by atoms with Gasteiger partial charge in [-0.1, -0.05) is 32.4 Å². The predicted molar refractivity (Wildman–Crippen MR) is 87.9 cm³/mol. The molecule has 0 aliphatic carbocycles. The van der Waals surface area contributed by atoms with Crippen molar-refractivity contribution in [2.45, 2.75) is 46.1 Å². The zero-order valence-electron chi connectivity index (χ0n) is 13.9. The Morgan fingerprint density at radius 2 is 1.78 bits per heavy atom. The summed E-state index contributed by atoms with van der Waals surface area (Å²) in [7, 11) is 1.46. The van der Waals surface area contributed by atoms with Gasteiger partial charge in [0.25, 0.3) is 0 Å². The summed E-state index contributed by atoms with van der Waals surface area (Å²) in [4.78, 5) is 23.6. The smallest absolute Gasteiger partial charge is 0.311 e. The number of ether oxygens (including phenoxy) is 3. The molecule has 1 aromatic rings. The highest BCUT2D eigenvalue weighted by molar-refractivity contribution is 6.30. The lowest BCUT2D eigenvalue weighted by atomic mass is 10.1. The Bertz CT molecular complexity index is 542. The topological polar surface area (TPSA) is 61.8 Å². The van der Waals surface area contributed by atoms with Gasteiger partial charge in [-0.15, -0.1) is 0 Å². The van der Waals surface area contributed by atoms with Crippen molar-refractivity contribution in [3.63, 3.8) is 0 Å². The third kappa shape index (κ3) is 6.48. The fourth-order valence-electron chi connectivity index (χ4n) is 2.02. The van der Waals surface area contributed by atoms with Crippen LogP contribution in [-0.2, 0) is 14.3 Å². The summed E-state index contributed by atoms with van der Waals surface area (Å²) < 4.78 is 15.6. The summed E-state index contributed by atoms with van der Waals surface area (Å²) in [5, 5.41) is 0.476. The average Bonchev–Trinajstić information content (AvgIpc) is 2.51. The molecule has 0 saturated carbocycles. The van der Waals surface area contributed by atoms with Crippen LogP contribution in [0.5, 0.6) is 11.5 Å². The van der Waals surface area contributed by atoms with Gasteiger partial charge < -0.3 is 14.2 Å². The van der Waals surface area contributed by atoms with Crippen LogP contribution < -0.4 is 9.47 Å². The summed E-state index contributed by atoms with van der Waals surface area (Å²) in [6.07, 6.45) is 0.544. The molecular formula is C17H23ClO5. The van der Waals surface area contributed by atoms with Crippen LogP contribution >= 0.6 is 11.6 Å². The van der Waals surface area contributed by atoms with E-state index in [0.717, 1.165) is 6.42 Å². The Labute approximate surface area is 141 Å². The molecule has 0 spiro atoms. The number of rotatable bonds is 8. The van der Waals surface area contributed by atoms with Gasteiger partial charge in [0, 0.05) is 11.1 Å². The second-order valence-corrected chi connectivity index (χ2v) is 5.89. The first-order valence-electron chi connectivity index (χ1n) is 7.61. The van der Waals surface area contributed by atoms with Crippen molar-refractivity contribution in [3.8, 4) is 11.5 Å². The average molecular weight is 343 g/mol. The lowest BCUT2D eigenvalue weighted by molar-refractivity contribution is -0.153. The van der Waals surface area contributed by atoms with Gasteiger partial charge in [0.2, 0.25) is 0 Å². The van der Waals surface area contributed by atoms with Crippen LogP contribution in [0.2, 0.25) is 5.02 Å². The molecule has 0 bridgehead atoms. The number of hydrogen-bond acceptors (Lipinski definition) is 5. The number of esters is 2. The molecule has 6 heteroatoms. The van der Waals surface area contributed by atoms with E-state index < -0.39 is 11.9 Å². The van der Waals surface area contributed by atoms with E-state index in [1.54, 1.807) is 18.2 Å². The molecule has 0 radical (unpaired) electrons. The van der Waals surface area contributed by atoms with Gasteiger partial charge in [-0.2, -0.15) is 0 Å². The maximum Gasteiger partial charge on any atom is 0.311 e. The first-order chi connectivity index (χ1) is 10.9. The van der Waals surface area contributed by atoms with Gasteiger partial charge in [0.1, 0.15) is 6.10 Å². The van der Waals surface area contributed by atoms with Crippen molar-refractivity contribution in [1.82, 2.24) is 0 Å². The maximum atomic E-state index is 11.8. The zero-order chi connectivity index (χ0) is 17.4. The molecule has 0 N–H and O–H groups in total. The first kappa shape index (κ1) is 19.3. The second kappa shape index (κ2) is 9.40. The predicted octanol–water partition coefficient (Wildman–Crippen LogP) is 4.01. The summed E-state index contributed by atoms with van der Waals surface area (Å²) in [5.41, 5.74) is 0. The highest BCUT2D eigenvalue weighted by atomic mass is 35.5. The largest absolute Gasteiger partial charge is 0.493 e. The molecule has 0 saturated heterocycles. The van der Waals surface area contributed by atoms with Crippen LogP contribution in [0.25, 0.3) is 0 Å². The van der Waals surface area contributed by atoms with Crippen LogP contribution in [0.3, 0.4) is 0 Å². The Morgan fingerprint density at radius 1 is 1.13 bits per heavy atom. The zero-order valence-corrected chi connectivity index (χ0v) is 14.7. The molecule has 0 aromatic heterocycles. The number of hydrogen-bond donors (Lipinski definition) is 0. The normalized spacial score (nSPS) is 11.9. The Morgan fingerprint density at radius 3 is 2.35 bits per heavy atom. The molecule has 0 aliphatic heterocycles. The van der Waals surface area contributed by atoms with E-state index in [0.29, 0.717) is 10.8 Å². The van der Waals surface area contributed by atoms with Crippen LogP contribution in [-0.4, -0.2) is 25.2 Å². The molecule has 0 heterocycles. The van der Waals surface area contributed by atoms with Gasteiger partial charge in [0.15, 0.2) is 11.5 Å². The molecule has 1 rings (SSSR count). The highest BCUT2D eigenvalue weighted by Gasteiger charge is 2.18. The van der Waals surface area contributed by atoms with E-state index in [1.165, 1.54) is 7.11 Å². The lowest BCUT2D eigenvalue weighted by Gasteiger charge is -2.19. The Kier molecular flexibility index (Phi) is 7.89. The van der Waals surface area contributed by atoms with Gasteiger partial charge in [0.05, 0.1) is 20.0 Å². The molecule has 0 fully saturated rings. The van der Waals surface area contributed by atoms with Crippen molar-refractivity contribution in [1.29, 1.82) is 0 Å². The fourth-order valence-corrected chi connectivity index (χ4v) is 2.18. The third-order valence-electron chi connectivity index (χ3n) is 3.31. The second-order valence-electron chi connectivity index (χ2n) is 5.45. The number of carbonyl (C=O) groups is 2. The third-order valence-corrected chi connectivity index (χ3v) is 3.55. The molecule has 128 valence electrons. The van der Waals surface area contributed by atoms with Gasteiger partial charge in [-0.3, -0.25) is 9.59 Å². The SMILES string of the molecule is CCC(OC(=O)CCC(=O)Oc1ccc(Cl)cc1OC)C(C)C. The quantitative estimate of drug-likeness (QED) is 0.527. The standard InChI is InChI=1S/C17H23ClO5/c1-5-13(11(2)3)22-16(19)8-9-17(20)23-14-7-6-12(18)10-15(14)21-4/h6-7,10-11,13H,5,8-9H2,1-4H3. The van der Waals surface area contributed by atoms with Gasteiger partial charge >= 0.3 is 11.9 Å². The van der Waals surface area contributed by atoms with E-state index >= 15 is 0 Å². The number of halogens is 1. The summed E-state index contributed by atoms with van der Waals surface area (Å²) in [6.45, 7) is 5.93. The van der Waals surface area contributed by atoms with Crippen LogP contribution in [0, 0.1) is 5.92 Å². The van der Waals surface area contributed by atoms with E-state index in [4.69, 9.17) is 25.8 Å². The molecule has 0 amide bonds. The molecule has 1 unspecified atom stereocenters. The molecule has 23 heavy (non-hydrogen) atoms. The first-order valence-corrected chi connectivity index (χ1v) is 7.98. The summed E-state index contributed by atoms with van der Waals surface area (Å²) in [5.74, 6) is -0.0527. The number of benzene rings is 1. The van der Waals surface area contributed by atoms with Crippen LogP contribution in [0.4, 0.5) is 0 Å². The Balaban J connectivity index is 2.50. The van der Waals surface area contributed by atoms with E-state index in [-0.39, 0.29) is 30.6 Å². The minimum Gasteiger partial charge on any atom is -0.493 e. The van der Waals surface area contributed by atoms with E-state index in [1.807, 2.05) is 20.8 Å². The minimum absolute atomic E-state index is 0.0159. The van der Waals surface area contributed by atoms with Gasteiger partial charge in [-0.25, -0.2) is 0 Å². The fraction of sp³-hybridized carbons (Fsp3) is 0.529. The summed E-state index contributed by atoms with van der Waals surface area (Å²) in [6, 6.07) is 4.69. The molecule has 5 nitrogen and oxygen atoms in total. The van der Waals surface area contributed by atoms with E-state index in [2.05, 4.69) is 0 Å². The van der Waals surface area contributed by atoms with Crippen molar-refractivity contribution < 1.29 is 23.8 Å². The summed E-state index contributed by atoms with van der Waals surface area (Å²) >= 11 is 5.84. The van der Waals surface area contributed by atoms with Crippen molar-refractivity contribution in [2.24, 2.45) is 5.92 Å².